The van der Waals surface area contributed by atoms with E-state index >= 15 is 0 Å². The molecule has 1 aromatic heterocycles. The summed E-state index contributed by atoms with van der Waals surface area (Å²) in [6, 6.07) is 14.0. The molecule has 8 nitrogen and oxygen atoms in total. The van der Waals surface area contributed by atoms with Gasteiger partial charge in [-0.2, -0.15) is 9.90 Å². The lowest BCUT2D eigenvalue weighted by atomic mass is 10.2. The molecule has 2 heterocycles. The van der Waals surface area contributed by atoms with Crippen LogP contribution >= 0.6 is 11.6 Å². The normalized spacial score (nSPS) is 13.5. The number of benzene rings is 2. The first-order valence-corrected chi connectivity index (χ1v) is 9.06. The highest BCUT2D eigenvalue weighted by atomic mass is 35.5. The maximum absolute atomic E-state index is 12.6. The van der Waals surface area contributed by atoms with E-state index in [2.05, 4.69) is 20.8 Å². The molecule has 0 bridgehead atoms. The van der Waals surface area contributed by atoms with Crippen LogP contribution in [0.4, 0.5) is 16.2 Å². The fourth-order valence-corrected chi connectivity index (χ4v) is 3.12. The van der Waals surface area contributed by atoms with Gasteiger partial charge in [-0.15, -0.1) is 5.10 Å². The van der Waals surface area contributed by atoms with Crippen LogP contribution in [0.3, 0.4) is 0 Å². The number of amides is 3. The summed E-state index contributed by atoms with van der Waals surface area (Å²) in [6.45, 7) is 2.97. The minimum Gasteiger partial charge on any atom is -0.336 e. The highest BCUT2D eigenvalue weighted by Gasteiger charge is 2.21. The van der Waals surface area contributed by atoms with E-state index in [0.717, 1.165) is 5.69 Å². The Labute approximate surface area is 166 Å². The topological polar surface area (TPSA) is 92.2 Å². The smallest absolute Gasteiger partial charge is 0.321 e. The second kappa shape index (κ2) is 7.32. The zero-order chi connectivity index (χ0) is 19.7. The third-order valence-corrected chi connectivity index (χ3v) is 4.57. The summed E-state index contributed by atoms with van der Waals surface area (Å²) in [5, 5.41) is 14.7. The Morgan fingerprint density at radius 3 is 2.61 bits per heavy atom. The number of anilines is 2. The quantitative estimate of drug-likeness (QED) is 0.709. The van der Waals surface area contributed by atoms with Crippen molar-refractivity contribution in [2.45, 2.75) is 6.92 Å². The Morgan fingerprint density at radius 2 is 1.93 bits per heavy atom. The summed E-state index contributed by atoms with van der Waals surface area (Å²) in [7, 11) is 0. The molecule has 2 N–H and O–H groups in total. The summed E-state index contributed by atoms with van der Waals surface area (Å²) in [6.07, 6.45) is 0. The van der Waals surface area contributed by atoms with Gasteiger partial charge in [0.15, 0.2) is 5.69 Å². The first-order chi connectivity index (χ1) is 13.5. The van der Waals surface area contributed by atoms with E-state index in [-0.39, 0.29) is 17.6 Å². The molecule has 3 amide bonds. The van der Waals surface area contributed by atoms with E-state index in [9.17, 15) is 9.59 Å². The Morgan fingerprint density at radius 1 is 1.14 bits per heavy atom. The maximum atomic E-state index is 12.6. The van der Waals surface area contributed by atoms with Gasteiger partial charge in [-0.3, -0.25) is 9.69 Å². The number of aromatic nitrogens is 3. The van der Waals surface area contributed by atoms with Gasteiger partial charge in [-0.25, -0.2) is 4.79 Å². The van der Waals surface area contributed by atoms with Crippen molar-refractivity contribution in [3.05, 3.63) is 64.9 Å². The molecular formula is C19H17ClN6O2. The first kappa shape index (κ1) is 18.0. The molecule has 3 aromatic rings. The number of rotatable bonds is 4. The van der Waals surface area contributed by atoms with Crippen molar-refractivity contribution in [2.75, 3.05) is 23.3 Å². The molecule has 0 aliphatic carbocycles. The average molecular weight is 397 g/mol. The van der Waals surface area contributed by atoms with Crippen LogP contribution < -0.4 is 15.5 Å². The number of halogens is 1. The standard InChI is InChI=1S/C19H17ClN6O2/c1-12-17(24-26(23-12)16-4-2-3-13(20)11-16)18(27)22-14-5-7-15(8-6-14)25-10-9-21-19(25)28/h2-8,11H,9-10H2,1H3,(H,21,28)(H,22,27). The van der Waals surface area contributed by atoms with Crippen LogP contribution in [0.2, 0.25) is 5.02 Å². The van der Waals surface area contributed by atoms with Gasteiger partial charge in [0.2, 0.25) is 0 Å². The number of carbonyl (C=O) groups excluding carboxylic acids is 2. The Bertz CT molecular complexity index is 1050. The van der Waals surface area contributed by atoms with Crippen molar-refractivity contribution >= 4 is 34.9 Å². The molecular weight excluding hydrogens is 380 g/mol. The predicted molar refractivity (Wildman–Crippen MR) is 106 cm³/mol. The first-order valence-electron chi connectivity index (χ1n) is 8.68. The summed E-state index contributed by atoms with van der Waals surface area (Å²) in [5.74, 6) is -0.363. The average Bonchev–Trinajstić information content (AvgIpc) is 3.28. The molecule has 0 spiro atoms. The second-order valence-electron chi connectivity index (χ2n) is 6.29. The molecule has 1 fully saturated rings. The Balaban J connectivity index is 1.50. The highest BCUT2D eigenvalue weighted by molar-refractivity contribution is 6.30. The third kappa shape index (κ3) is 3.54. The van der Waals surface area contributed by atoms with Crippen LogP contribution in [-0.2, 0) is 0 Å². The number of nitrogens with one attached hydrogen (secondary N) is 2. The SMILES string of the molecule is Cc1nn(-c2cccc(Cl)c2)nc1C(=O)Nc1ccc(N2CCNC2=O)cc1. The summed E-state index contributed by atoms with van der Waals surface area (Å²) in [4.78, 5) is 27.4. The minimum atomic E-state index is -0.363. The van der Waals surface area contributed by atoms with Crippen LogP contribution in [-0.4, -0.2) is 40.0 Å². The fourth-order valence-electron chi connectivity index (χ4n) is 2.94. The van der Waals surface area contributed by atoms with Crippen LogP contribution in [0.25, 0.3) is 5.69 Å². The lowest BCUT2D eigenvalue weighted by molar-refractivity contribution is 0.102. The van der Waals surface area contributed by atoms with Gasteiger partial charge >= 0.3 is 6.03 Å². The van der Waals surface area contributed by atoms with E-state index in [4.69, 9.17) is 11.6 Å². The molecule has 142 valence electrons. The molecule has 0 radical (unpaired) electrons. The fraction of sp³-hybridized carbons (Fsp3) is 0.158. The molecule has 0 saturated carbocycles. The number of urea groups is 1. The van der Waals surface area contributed by atoms with Gasteiger partial charge in [0.25, 0.3) is 5.91 Å². The Hall–Kier alpha value is -3.39. The van der Waals surface area contributed by atoms with Crippen LogP contribution in [0.1, 0.15) is 16.2 Å². The lowest BCUT2D eigenvalue weighted by Crippen LogP contribution is -2.27. The van der Waals surface area contributed by atoms with E-state index in [1.807, 2.05) is 0 Å². The van der Waals surface area contributed by atoms with Crippen molar-refractivity contribution in [2.24, 2.45) is 0 Å². The monoisotopic (exact) mass is 396 g/mol. The zero-order valence-electron chi connectivity index (χ0n) is 15.0. The molecule has 0 atom stereocenters. The summed E-state index contributed by atoms with van der Waals surface area (Å²) < 4.78 is 0. The van der Waals surface area contributed by atoms with Crippen molar-refractivity contribution in [1.82, 2.24) is 20.3 Å². The molecule has 28 heavy (non-hydrogen) atoms. The van der Waals surface area contributed by atoms with Crippen molar-refractivity contribution in [1.29, 1.82) is 0 Å². The van der Waals surface area contributed by atoms with Gasteiger partial charge < -0.3 is 10.6 Å². The second-order valence-corrected chi connectivity index (χ2v) is 6.72. The summed E-state index contributed by atoms with van der Waals surface area (Å²) in [5.41, 5.74) is 2.77. The van der Waals surface area contributed by atoms with Crippen molar-refractivity contribution in [3.63, 3.8) is 0 Å². The van der Waals surface area contributed by atoms with Crippen molar-refractivity contribution in [3.8, 4) is 5.69 Å². The number of hydrogen-bond donors (Lipinski definition) is 2. The lowest BCUT2D eigenvalue weighted by Gasteiger charge is -2.14. The number of aryl methyl sites for hydroxylation is 1. The summed E-state index contributed by atoms with van der Waals surface area (Å²) >= 11 is 6.00. The predicted octanol–water partition coefficient (Wildman–Crippen LogP) is 3.01. The largest absolute Gasteiger partial charge is 0.336 e. The number of carbonyl (C=O) groups is 2. The van der Waals surface area contributed by atoms with Gasteiger partial charge in [-0.05, 0) is 49.4 Å². The van der Waals surface area contributed by atoms with E-state index in [0.29, 0.717) is 35.2 Å². The molecule has 0 unspecified atom stereocenters. The van der Waals surface area contributed by atoms with E-state index in [1.165, 1.54) is 4.80 Å². The zero-order valence-corrected chi connectivity index (χ0v) is 15.8. The Kier molecular flexibility index (Phi) is 4.70. The van der Waals surface area contributed by atoms with Crippen LogP contribution in [0.15, 0.2) is 48.5 Å². The van der Waals surface area contributed by atoms with Crippen LogP contribution in [0, 0.1) is 6.92 Å². The molecule has 9 heteroatoms. The van der Waals surface area contributed by atoms with E-state index in [1.54, 1.807) is 60.4 Å². The molecule has 1 saturated heterocycles. The van der Waals surface area contributed by atoms with Gasteiger partial charge in [0, 0.05) is 29.5 Å². The van der Waals surface area contributed by atoms with Gasteiger partial charge in [-0.1, -0.05) is 17.7 Å². The molecule has 1 aliphatic heterocycles. The maximum Gasteiger partial charge on any atom is 0.321 e. The molecule has 4 rings (SSSR count). The number of hydrogen-bond acceptors (Lipinski definition) is 4. The van der Waals surface area contributed by atoms with Gasteiger partial charge in [0.1, 0.15) is 0 Å². The molecule has 2 aromatic carbocycles. The van der Waals surface area contributed by atoms with Gasteiger partial charge in [0.05, 0.1) is 11.4 Å². The molecule has 1 aliphatic rings. The highest BCUT2D eigenvalue weighted by Crippen LogP contribution is 2.20. The van der Waals surface area contributed by atoms with Crippen molar-refractivity contribution < 1.29 is 9.59 Å². The van der Waals surface area contributed by atoms with Crippen LogP contribution in [0.5, 0.6) is 0 Å². The number of nitrogens with zero attached hydrogens (tertiary/aromatic N) is 4. The minimum absolute atomic E-state index is 0.120. The third-order valence-electron chi connectivity index (χ3n) is 4.33. The van der Waals surface area contributed by atoms with E-state index < -0.39 is 0 Å².